The van der Waals surface area contributed by atoms with Gasteiger partial charge < -0.3 is 10.6 Å². The lowest BCUT2D eigenvalue weighted by atomic mass is 10.1. The minimum atomic E-state index is 0.468. The fraction of sp³-hybridized carbons (Fsp3) is 0.214. The zero-order chi connectivity index (χ0) is 16.4. The summed E-state index contributed by atoms with van der Waals surface area (Å²) in [4.78, 5) is 8.49. The van der Waals surface area contributed by atoms with Gasteiger partial charge in [0.15, 0.2) is 5.82 Å². The summed E-state index contributed by atoms with van der Waals surface area (Å²) >= 11 is 5.99. The van der Waals surface area contributed by atoms with Gasteiger partial charge in [-0.2, -0.15) is 4.98 Å². The smallest absolute Gasteiger partial charge is 0.229 e. The molecule has 118 valence electrons. The van der Waals surface area contributed by atoms with Crippen LogP contribution in [0.15, 0.2) is 24.4 Å². The molecule has 3 aromatic rings. The van der Waals surface area contributed by atoms with Crippen LogP contribution in [-0.4, -0.2) is 37.2 Å². The van der Waals surface area contributed by atoms with Gasteiger partial charge in [-0.1, -0.05) is 11.6 Å². The first-order chi connectivity index (χ1) is 11.1. The Morgan fingerprint density at radius 1 is 1.26 bits per heavy atom. The lowest BCUT2D eigenvalue weighted by Gasteiger charge is -2.11. The number of aromatic nitrogens is 6. The van der Waals surface area contributed by atoms with E-state index < -0.39 is 0 Å². The van der Waals surface area contributed by atoms with Crippen LogP contribution in [0.25, 0.3) is 11.4 Å². The van der Waals surface area contributed by atoms with Gasteiger partial charge >= 0.3 is 0 Å². The molecule has 0 aliphatic rings. The van der Waals surface area contributed by atoms with Crippen molar-refractivity contribution in [2.45, 2.75) is 6.92 Å². The maximum atomic E-state index is 5.99. The van der Waals surface area contributed by atoms with Crippen molar-refractivity contribution in [3.05, 3.63) is 35.0 Å². The third-order valence-corrected chi connectivity index (χ3v) is 3.61. The molecule has 2 aromatic heterocycles. The van der Waals surface area contributed by atoms with Crippen LogP contribution < -0.4 is 10.6 Å². The number of nitrogens with zero attached hydrogens (tertiary/aromatic N) is 6. The number of tetrazole rings is 1. The molecule has 0 saturated heterocycles. The van der Waals surface area contributed by atoms with E-state index in [2.05, 4.69) is 36.1 Å². The largest absolute Gasteiger partial charge is 0.372 e. The molecular formula is C14H15ClN8. The molecule has 0 radical (unpaired) electrons. The summed E-state index contributed by atoms with van der Waals surface area (Å²) in [6.45, 7) is 1.99. The Bertz CT molecular complexity index is 845. The molecule has 9 heteroatoms. The Hall–Kier alpha value is -2.74. The first-order valence-electron chi connectivity index (χ1n) is 6.89. The number of benzene rings is 1. The van der Waals surface area contributed by atoms with Crippen molar-refractivity contribution < 1.29 is 0 Å². The summed E-state index contributed by atoms with van der Waals surface area (Å²) in [5, 5.41) is 18.1. The lowest BCUT2D eigenvalue weighted by Crippen LogP contribution is -2.02. The van der Waals surface area contributed by atoms with Crippen LogP contribution in [-0.2, 0) is 7.05 Å². The van der Waals surface area contributed by atoms with Crippen LogP contribution in [0.3, 0.4) is 0 Å². The molecular weight excluding hydrogens is 316 g/mol. The van der Waals surface area contributed by atoms with E-state index in [0.29, 0.717) is 22.6 Å². The molecule has 1 aromatic carbocycles. The van der Waals surface area contributed by atoms with Gasteiger partial charge in [-0.25, -0.2) is 9.67 Å². The first-order valence-corrected chi connectivity index (χ1v) is 7.27. The highest BCUT2D eigenvalue weighted by Gasteiger charge is 2.09. The van der Waals surface area contributed by atoms with E-state index in [4.69, 9.17) is 11.6 Å². The molecule has 0 aliphatic carbocycles. The van der Waals surface area contributed by atoms with Crippen molar-refractivity contribution in [1.29, 1.82) is 0 Å². The molecule has 23 heavy (non-hydrogen) atoms. The first kappa shape index (κ1) is 15.2. The van der Waals surface area contributed by atoms with E-state index >= 15 is 0 Å². The predicted molar refractivity (Wildman–Crippen MR) is 88.8 cm³/mol. The molecule has 0 bridgehead atoms. The Balaban J connectivity index is 1.88. The third kappa shape index (κ3) is 3.07. The number of hydrogen-bond acceptors (Lipinski definition) is 7. The number of rotatable bonds is 4. The van der Waals surface area contributed by atoms with Gasteiger partial charge in [0.25, 0.3) is 0 Å². The van der Waals surface area contributed by atoms with Crippen molar-refractivity contribution in [1.82, 2.24) is 30.2 Å². The topological polar surface area (TPSA) is 93.4 Å². The van der Waals surface area contributed by atoms with Crippen LogP contribution in [0.2, 0.25) is 5.02 Å². The molecule has 0 fully saturated rings. The molecule has 2 N–H and O–H groups in total. The normalized spacial score (nSPS) is 10.6. The average Bonchev–Trinajstić information content (AvgIpc) is 2.97. The van der Waals surface area contributed by atoms with Gasteiger partial charge in [-0.3, -0.25) is 0 Å². The number of aryl methyl sites for hydroxylation is 2. The van der Waals surface area contributed by atoms with E-state index in [9.17, 15) is 0 Å². The van der Waals surface area contributed by atoms with Crippen LogP contribution in [0.1, 0.15) is 5.56 Å². The minimum absolute atomic E-state index is 0.468. The average molecular weight is 331 g/mol. The summed E-state index contributed by atoms with van der Waals surface area (Å²) in [5.74, 6) is 1.75. The maximum Gasteiger partial charge on any atom is 0.229 e. The highest BCUT2D eigenvalue weighted by molar-refractivity contribution is 6.32. The van der Waals surface area contributed by atoms with E-state index in [1.54, 1.807) is 25.0 Å². The van der Waals surface area contributed by atoms with E-state index in [1.165, 1.54) is 0 Å². The van der Waals surface area contributed by atoms with E-state index in [0.717, 1.165) is 16.8 Å². The van der Waals surface area contributed by atoms with Crippen molar-refractivity contribution >= 4 is 29.1 Å². The van der Waals surface area contributed by atoms with Crippen molar-refractivity contribution in [2.24, 2.45) is 7.05 Å². The van der Waals surface area contributed by atoms with E-state index in [1.807, 2.05) is 25.1 Å². The molecule has 0 unspecified atom stereocenters. The maximum absolute atomic E-state index is 5.99. The predicted octanol–water partition coefficient (Wildman–Crippen LogP) is 2.41. The molecule has 0 amide bonds. The monoisotopic (exact) mass is 330 g/mol. The zero-order valence-electron chi connectivity index (χ0n) is 12.9. The van der Waals surface area contributed by atoms with Gasteiger partial charge in [0.2, 0.25) is 5.95 Å². The summed E-state index contributed by atoms with van der Waals surface area (Å²) in [7, 11) is 3.56. The van der Waals surface area contributed by atoms with Crippen LogP contribution in [0.4, 0.5) is 17.5 Å². The molecule has 0 saturated carbocycles. The second kappa shape index (κ2) is 6.17. The highest BCUT2D eigenvalue weighted by atomic mass is 35.5. The minimum Gasteiger partial charge on any atom is -0.372 e. The Kier molecular flexibility index (Phi) is 4.07. The fourth-order valence-electron chi connectivity index (χ4n) is 2.14. The summed E-state index contributed by atoms with van der Waals surface area (Å²) in [6, 6.07) is 5.88. The Morgan fingerprint density at radius 3 is 2.74 bits per heavy atom. The second-order valence-electron chi connectivity index (χ2n) is 4.92. The summed E-state index contributed by atoms with van der Waals surface area (Å²) in [6.07, 6.45) is 1.55. The molecule has 0 spiro atoms. The van der Waals surface area contributed by atoms with Gasteiger partial charge in [0, 0.05) is 25.3 Å². The fourth-order valence-corrected chi connectivity index (χ4v) is 2.33. The van der Waals surface area contributed by atoms with Gasteiger partial charge in [-0.15, -0.1) is 5.10 Å². The number of nitrogens with one attached hydrogen (secondary N) is 2. The van der Waals surface area contributed by atoms with Crippen LogP contribution in [0, 0.1) is 6.92 Å². The number of hydrogen-bond donors (Lipinski definition) is 2. The standard InChI is InChI=1S/C14H15ClN8/c1-8-6-9(13-20-21-22-23(13)3)4-5-11(8)18-14-17-7-10(15)12(16-2)19-14/h4-7H,1-3H3,(H2,16,17,18,19). The summed E-state index contributed by atoms with van der Waals surface area (Å²) < 4.78 is 1.63. The quantitative estimate of drug-likeness (QED) is 0.758. The molecule has 8 nitrogen and oxygen atoms in total. The SMILES string of the molecule is CNc1nc(Nc2ccc(-c3nnnn3C)cc2C)ncc1Cl. The van der Waals surface area contributed by atoms with Crippen LogP contribution >= 0.6 is 11.6 Å². The van der Waals surface area contributed by atoms with E-state index in [-0.39, 0.29) is 0 Å². The van der Waals surface area contributed by atoms with Crippen molar-refractivity contribution in [3.8, 4) is 11.4 Å². The number of halogens is 1. The van der Waals surface area contributed by atoms with Crippen molar-refractivity contribution in [3.63, 3.8) is 0 Å². The highest BCUT2D eigenvalue weighted by Crippen LogP contribution is 2.25. The van der Waals surface area contributed by atoms with Crippen LogP contribution in [0.5, 0.6) is 0 Å². The number of anilines is 3. The lowest BCUT2D eigenvalue weighted by molar-refractivity contribution is 0.714. The molecule has 2 heterocycles. The third-order valence-electron chi connectivity index (χ3n) is 3.33. The Morgan fingerprint density at radius 2 is 2.09 bits per heavy atom. The van der Waals surface area contributed by atoms with Gasteiger partial charge in [-0.05, 0) is 41.1 Å². The van der Waals surface area contributed by atoms with Crippen molar-refractivity contribution in [2.75, 3.05) is 17.7 Å². The summed E-state index contributed by atoms with van der Waals surface area (Å²) in [5.41, 5.74) is 2.86. The van der Waals surface area contributed by atoms with Gasteiger partial charge in [0.1, 0.15) is 10.8 Å². The Labute approximate surface area is 137 Å². The molecule has 0 atom stereocenters. The molecule has 0 aliphatic heterocycles. The zero-order valence-corrected chi connectivity index (χ0v) is 13.6. The molecule has 3 rings (SSSR count). The van der Waals surface area contributed by atoms with Gasteiger partial charge in [0.05, 0.1) is 6.20 Å². The second-order valence-corrected chi connectivity index (χ2v) is 5.33.